The smallest absolute Gasteiger partial charge is 0.324 e. The highest BCUT2D eigenvalue weighted by molar-refractivity contribution is 7.80. The molecule has 0 saturated heterocycles. The molecule has 1 aliphatic rings. The number of nitrogens with two attached hydrogens (primary N) is 1. The molecule has 1 aromatic carbocycles. The highest BCUT2D eigenvalue weighted by Gasteiger charge is 2.49. The van der Waals surface area contributed by atoms with E-state index in [-0.39, 0.29) is 5.92 Å². The van der Waals surface area contributed by atoms with Crippen molar-refractivity contribution < 1.29 is 9.53 Å². The molecule has 1 aliphatic carbocycles. The predicted octanol–water partition coefficient (Wildman–Crippen LogP) is 3.14. The van der Waals surface area contributed by atoms with Gasteiger partial charge < -0.3 is 15.8 Å². The second-order valence-electron chi connectivity index (χ2n) is 7.27. The number of nitrogens with one attached hydrogen (secondary N) is 1. The van der Waals surface area contributed by atoms with Gasteiger partial charge in [-0.1, -0.05) is 55.0 Å². The normalized spacial score (nSPS) is 22.9. The summed E-state index contributed by atoms with van der Waals surface area (Å²) in [4.78, 5) is 17.8. The Kier molecular flexibility index (Phi) is 6.75. The molecule has 1 fully saturated rings. The highest BCUT2D eigenvalue weighted by atomic mass is 32.1. The summed E-state index contributed by atoms with van der Waals surface area (Å²) in [5.74, 6) is -0.458. The fraction of sp³-hybridized carbons (Fsp3) is 0.409. The van der Waals surface area contributed by atoms with Gasteiger partial charge >= 0.3 is 5.97 Å². The van der Waals surface area contributed by atoms with Gasteiger partial charge in [0.2, 0.25) is 0 Å². The number of carbonyl (C=O) groups is 1. The lowest BCUT2D eigenvalue weighted by Gasteiger charge is -2.44. The van der Waals surface area contributed by atoms with Crippen molar-refractivity contribution in [3.63, 3.8) is 0 Å². The topological polar surface area (TPSA) is 77.2 Å². The van der Waals surface area contributed by atoms with Crippen LogP contribution in [0.5, 0.6) is 0 Å². The van der Waals surface area contributed by atoms with Crippen LogP contribution >= 0.6 is 12.2 Å². The maximum absolute atomic E-state index is 13.0. The van der Waals surface area contributed by atoms with Gasteiger partial charge in [0.05, 0.1) is 0 Å². The highest BCUT2D eigenvalue weighted by Crippen LogP contribution is 2.44. The standard InChI is InChI=1S/C22H27N3O2S/c1-24-21(28)22(12-6-5-11-18(22)17-10-7-13-25-15-17)27-20(26)19(23)14-16-8-3-2-4-9-16/h2-4,7-10,13,15,18-19H,5-6,11-12,14,23H2,1H3,(H,24,28)/t18-,19-,22+/m0/s1. The van der Waals surface area contributed by atoms with Crippen LogP contribution in [0.15, 0.2) is 54.9 Å². The number of ether oxygens (including phenoxy) is 1. The van der Waals surface area contributed by atoms with E-state index in [1.165, 1.54) is 0 Å². The van der Waals surface area contributed by atoms with Crippen LogP contribution in [0.25, 0.3) is 0 Å². The van der Waals surface area contributed by atoms with Gasteiger partial charge in [-0.3, -0.25) is 9.78 Å². The van der Waals surface area contributed by atoms with E-state index in [9.17, 15) is 4.79 Å². The summed E-state index contributed by atoms with van der Waals surface area (Å²) in [6.45, 7) is 0. The van der Waals surface area contributed by atoms with Gasteiger partial charge in [-0.25, -0.2) is 0 Å². The number of nitrogens with zero attached hydrogens (tertiary/aromatic N) is 1. The molecule has 5 nitrogen and oxygen atoms in total. The largest absolute Gasteiger partial charge is 0.450 e. The fourth-order valence-corrected chi connectivity index (χ4v) is 4.31. The Balaban J connectivity index is 1.85. The van der Waals surface area contributed by atoms with Crippen LogP contribution in [0.1, 0.15) is 42.7 Å². The molecule has 148 valence electrons. The first-order chi connectivity index (χ1) is 13.6. The van der Waals surface area contributed by atoms with E-state index in [2.05, 4.69) is 10.3 Å². The summed E-state index contributed by atoms with van der Waals surface area (Å²) in [6, 6.07) is 12.9. The summed E-state index contributed by atoms with van der Waals surface area (Å²) in [6.07, 6.45) is 7.57. The minimum Gasteiger partial charge on any atom is -0.450 e. The first-order valence-electron chi connectivity index (χ1n) is 9.71. The van der Waals surface area contributed by atoms with Crippen LogP contribution in [0.2, 0.25) is 0 Å². The summed E-state index contributed by atoms with van der Waals surface area (Å²) >= 11 is 5.65. The molecule has 0 radical (unpaired) electrons. The number of carbonyl (C=O) groups excluding carboxylic acids is 1. The summed E-state index contributed by atoms with van der Waals surface area (Å²) < 4.78 is 6.14. The zero-order chi connectivity index (χ0) is 20.0. The molecule has 0 amide bonds. The summed E-state index contributed by atoms with van der Waals surface area (Å²) in [5, 5.41) is 3.06. The number of likely N-dealkylation sites (N-methyl/N-ethyl adjacent to an activating group) is 1. The van der Waals surface area contributed by atoms with Crippen molar-refractivity contribution in [2.24, 2.45) is 5.73 Å². The molecule has 0 bridgehead atoms. The molecule has 3 atom stereocenters. The minimum absolute atomic E-state index is 0.0391. The van der Waals surface area contributed by atoms with E-state index in [1.807, 2.05) is 48.7 Å². The average molecular weight is 398 g/mol. The Hall–Kier alpha value is -2.31. The van der Waals surface area contributed by atoms with Crippen LogP contribution in [-0.4, -0.2) is 34.6 Å². The van der Waals surface area contributed by atoms with E-state index in [0.29, 0.717) is 17.8 Å². The first-order valence-corrected chi connectivity index (χ1v) is 10.1. The number of hydrogen-bond donors (Lipinski definition) is 2. The Morgan fingerprint density at radius 1 is 1.32 bits per heavy atom. The molecule has 1 aromatic heterocycles. The summed E-state index contributed by atoms with van der Waals surface area (Å²) in [5.41, 5.74) is 7.34. The number of pyridine rings is 1. The molecule has 3 rings (SSSR count). The van der Waals surface area contributed by atoms with Crippen molar-refractivity contribution in [3.05, 3.63) is 66.0 Å². The third-order valence-electron chi connectivity index (χ3n) is 5.44. The second kappa shape index (κ2) is 9.26. The van der Waals surface area contributed by atoms with Crippen molar-refractivity contribution in [2.45, 2.75) is 49.7 Å². The van der Waals surface area contributed by atoms with Gasteiger partial charge in [-0.15, -0.1) is 0 Å². The van der Waals surface area contributed by atoms with Crippen molar-refractivity contribution in [3.8, 4) is 0 Å². The van der Waals surface area contributed by atoms with Crippen LogP contribution in [0, 0.1) is 0 Å². The van der Waals surface area contributed by atoms with E-state index in [1.54, 1.807) is 13.2 Å². The molecule has 6 heteroatoms. The SMILES string of the molecule is CNC(=S)[C@@]1(OC(=O)[C@@H](N)Cc2ccccc2)CCCC[C@H]1c1cccnc1. The van der Waals surface area contributed by atoms with Gasteiger partial charge in [-0.2, -0.15) is 0 Å². The molecule has 1 saturated carbocycles. The molecule has 0 spiro atoms. The third-order valence-corrected chi connectivity index (χ3v) is 5.99. The third kappa shape index (κ3) is 4.39. The van der Waals surface area contributed by atoms with Gasteiger partial charge in [0.1, 0.15) is 11.0 Å². The Labute approximate surface area is 171 Å². The van der Waals surface area contributed by atoms with Gasteiger partial charge in [-0.05, 0) is 42.9 Å². The maximum atomic E-state index is 13.0. The van der Waals surface area contributed by atoms with Crippen LogP contribution in [0.3, 0.4) is 0 Å². The molecule has 3 N–H and O–H groups in total. The zero-order valence-electron chi connectivity index (χ0n) is 16.1. The van der Waals surface area contributed by atoms with Gasteiger partial charge in [0.25, 0.3) is 0 Å². The van der Waals surface area contributed by atoms with Crippen molar-refractivity contribution in [2.75, 3.05) is 7.05 Å². The molecule has 0 aliphatic heterocycles. The molecule has 1 heterocycles. The van der Waals surface area contributed by atoms with E-state index < -0.39 is 17.6 Å². The Morgan fingerprint density at radius 2 is 2.11 bits per heavy atom. The lowest BCUT2D eigenvalue weighted by molar-refractivity contribution is -0.159. The van der Waals surface area contributed by atoms with Crippen LogP contribution in [0.4, 0.5) is 0 Å². The molecular formula is C22H27N3O2S. The number of benzene rings is 1. The van der Waals surface area contributed by atoms with Crippen LogP contribution in [-0.2, 0) is 16.0 Å². The quantitative estimate of drug-likeness (QED) is 0.576. The van der Waals surface area contributed by atoms with Crippen molar-refractivity contribution in [1.82, 2.24) is 10.3 Å². The first kappa shape index (κ1) is 20.4. The monoisotopic (exact) mass is 397 g/mol. The lowest BCUT2D eigenvalue weighted by Crippen LogP contribution is -2.55. The van der Waals surface area contributed by atoms with E-state index in [4.69, 9.17) is 22.7 Å². The second-order valence-corrected chi connectivity index (χ2v) is 7.68. The number of aromatic nitrogens is 1. The molecule has 2 aromatic rings. The van der Waals surface area contributed by atoms with E-state index >= 15 is 0 Å². The van der Waals surface area contributed by atoms with Crippen LogP contribution < -0.4 is 11.1 Å². The Bertz CT molecular complexity index is 800. The number of hydrogen-bond acceptors (Lipinski definition) is 5. The van der Waals surface area contributed by atoms with E-state index in [0.717, 1.165) is 30.4 Å². The minimum atomic E-state index is -0.892. The number of esters is 1. The Morgan fingerprint density at radius 3 is 2.79 bits per heavy atom. The van der Waals surface area contributed by atoms with Gasteiger partial charge in [0.15, 0.2) is 5.60 Å². The molecular weight excluding hydrogens is 370 g/mol. The van der Waals surface area contributed by atoms with Crippen molar-refractivity contribution in [1.29, 1.82) is 0 Å². The number of rotatable bonds is 6. The fourth-order valence-electron chi connectivity index (χ4n) is 4.02. The molecule has 0 unspecified atom stereocenters. The number of thiocarbonyl (C=S) groups is 1. The van der Waals surface area contributed by atoms with Crippen molar-refractivity contribution >= 4 is 23.2 Å². The lowest BCUT2D eigenvalue weighted by atomic mass is 9.71. The maximum Gasteiger partial charge on any atom is 0.324 e. The van der Waals surface area contributed by atoms with Gasteiger partial charge in [0, 0.05) is 25.4 Å². The zero-order valence-corrected chi connectivity index (χ0v) is 17.0. The summed E-state index contributed by atoms with van der Waals surface area (Å²) in [7, 11) is 1.77. The molecule has 28 heavy (non-hydrogen) atoms. The predicted molar refractivity (Wildman–Crippen MR) is 114 cm³/mol. The average Bonchev–Trinajstić information content (AvgIpc) is 2.74.